The second-order valence-corrected chi connectivity index (χ2v) is 5.18. The maximum Gasteiger partial charge on any atom is 0.119 e. The van der Waals surface area contributed by atoms with Crippen LogP contribution < -0.4 is 4.74 Å². The SMILES string of the molecule is N#Cc1ccc(OCCN2CCCCC2CCO)cc1. The predicted molar refractivity (Wildman–Crippen MR) is 77.6 cm³/mol. The van der Waals surface area contributed by atoms with Crippen LogP contribution in [-0.2, 0) is 0 Å². The zero-order valence-corrected chi connectivity index (χ0v) is 11.8. The number of benzene rings is 1. The van der Waals surface area contributed by atoms with Crippen LogP contribution in [0, 0.1) is 11.3 Å². The van der Waals surface area contributed by atoms with Gasteiger partial charge in [0, 0.05) is 19.2 Å². The Morgan fingerprint density at radius 2 is 2.10 bits per heavy atom. The molecule has 0 saturated carbocycles. The van der Waals surface area contributed by atoms with Gasteiger partial charge in [0.15, 0.2) is 0 Å². The smallest absolute Gasteiger partial charge is 0.119 e. The van der Waals surface area contributed by atoms with E-state index in [2.05, 4.69) is 11.0 Å². The third-order valence-electron chi connectivity index (χ3n) is 3.84. The summed E-state index contributed by atoms with van der Waals surface area (Å²) >= 11 is 0. The summed E-state index contributed by atoms with van der Waals surface area (Å²) in [6.07, 6.45) is 4.53. The van der Waals surface area contributed by atoms with Crippen molar-refractivity contribution in [3.8, 4) is 11.8 Å². The summed E-state index contributed by atoms with van der Waals surface area (Å²) in [5.41, 5.74) is 0.649. The average Bonchev–Trinajstić information content (AvgIpc) is 2.50. The van der Waals surface area contributed by atoms with Crippen LogP contribution in [-0.4, -0.2) is 42.4 Å². The first-order valence-electron chi connectivity index (χ1n) is 7.31. The Balaban J connectivity index is 1.77. The molecule has 0 aromatic heterocycles. The van der Waals surface area contributed by atoms with Crippen molar-refractivity contribution in [2.45, 2.75) is 31.7 Å². The molecular weight excluding hydrogens is 252 g/mol. The Morgan fingerprint density at radius 3 is 2.80 bits per heavy atom. The maximum absolute atomic E-state index is 9.10. The van der Waals surface area contributed by atoms with Crippen molar-refractivity contribution < 1.29 is 9.84 Å². The molecule has 1 atom stereocenters. The molecule has 1 N–H and O–H groups in total. The fraction of sp³-hybridized carbons (Fsp3) is 0.562. The van der Waals surface area contributed by atoms with Gasteiger partial charge in [0.25, 0.3) is 0 Å². The van der Waals surface area contributed by atoms with Gasteiger partial charge in [-0.3, -0.25) is 4.90 Å². The van der Waals surface area contributed by atoms with Gasteiger partial charge < -0.3 is 9.84 Å². The number of likely N-dealkylation sites (tertiary alicyclic amines) is 1. The molecule has 0 spiro atoms. The molecule has 0 amide bonds. The topological polar surface area (TPSA) is 56.5 Å². The standard InChI is InChI=1S/C16H22N2O2/c17-13-14-4-6-16(7-5-14)20-12-10-18-9-2-1-3-15(18)8-11-19/h4-7,15,19H,1-3,8-12H2. The first-order chi connectivity index (χ1) is 9.83. The minimum Gasteiger partial charge on any atom is -0.492 e. The number of hydrogen-bond acceptors (Lipinski definition) is 4. The Hall–Kier alpha value is -1.57. The highest BCUT2D eigenvalue weighted by Gasteiger charge is 2.21. The number of piperidine rings is 1. The molecule has 2 rings (SSSR count). The van der Waals surface area contributed by atoms with E-state index in [1.807, 2.05) is 12.1 Å². The zero-order chi connectivity index (χ0) is 14.2. The molecule has 108 valence electrons. The van der Waals surface area contributed by atoms with E-state index in [-0.39, 0.29) is 6.61 Å². The zero-order valence-electron chi connectivity index (χ0n) is 11.8. The predicted octanol–water partition coefficient (Wildman–Crippen LogP) is 2.17. The molecule has 1 aliphatic rings. The number of rotatable bonds is 6. The van der Waals surface area contributed by atoms with Gasteiger partial charge in [-0.1, -0.05) is 6.42 Å². The molecule has 1 aromatic carbocycles. The molecule has 1 aromatic rings. The van der Waals surface area contributed by atoms with Gasteiger partial charge in [0.05, 0.1) is 11.6 Å². The van der Waals surface area contributed by atoms with Gasteiger partial charge in [0.1, 0.15) is 12.4 Å². The van der Waals surface area contributed by atoms with Crippen LogP contribution in [0.25, 0.3) is 0 Å². The number of aliphatic hydroxyl groups is 1. The molecular formula is C16H22N2O2. The Bertz CT molecular complexity index is 437. The number of nitrogens with zero attached hydrogens (tertiary/aromatic N) is 2. The minimum absolute atomic E-state index is 0.262. The maximum atomic E-state index is 9.10. The summed E-state index contributed by atoms with van der Waals surface area (Å²) in [6.45, 7) is 2.90. The lowest BCUT2D eigenvalue weighted by atomic mass is 10.00. The molecule has 1 heterocycles. The van der Waals surface area contributed by atoms with E-state index in [4.69, 9.17) is 15.1 Å². The molecule has 0 aliphatic carbocycles. The van der Waals surface area contributed by atoms with Crippen LogP contribution in [0.2, 0.25) is 0 Å². The van der Waals surface area contributed by atoms with E-state index in [0.717, 1.165) is 25.3 Å². The summed E-state index contributed by atoms with van der Waals surface area (Å²) in [5, 5.41) is 17.8. The van der Waals surface area contributed by atoms with Crippen LogP contribution in [0.3, 0.4) is 0 Å². The van der Waals surface area contributed by atoms with Crippen LogP contribution in [0.1, 0.15) is 31.2 Å². The number of ether oxygens (including phenoxy) is 1. The van der Waals surface area contributed by atoms with Crippen molar-refractivity contribution in [1.82, 2.24) is 4.90 Å². The van der Waals surface area contributed by atoms with E-state index >= 15 is 0 Å². The Kier molecular flexibility index (Phi) is 5.85. The second-order valence-electron chi connectivity index (χ2n) is 5.18. The molecule has 4 nitrogen and oxygen atoms in total. The van der Waals surface area contributed by atoms with Gasteiger partial charge in [-0.15, -0.1) is 0 Å². The van der Waals surface area contributed by atoms with Crippen LogP contribution in [0.4, 0.5) is 0 Å². The highest BCUT2D eigenvalue weighted by atomic mass is 16.5. The molecule has 1 fully saturated rings. The molecule has 0 bridgehead atoms. The van der Waals surface area contributed by atoms with Gasteiger partial charge >= 0.3 is 0 Å². The first-order valence-corrected chi connectivity index (χ1v) is 7.31. The second kappa shape index (κ2) is 7.88. The summed E-state index contributed by atoms with van der Waals surface area (Å²) in [5.74, 6) is 0.805. The first kappa shape index (κ1) is 14.8. The summed E-state index contributed by atoms with van der Waals surface area (Å²) in [4.78, 5) is 2.42. The van der Waals surface area contributed by atoms with Crippen molar-refractivity contribution in [2.24, 2.45) is 0 Å². The molecule has 1 aliphatic heterocycles. The molecule has 0 radical (unpaired) electrons. The number of hydrogen-bond donors (Lipinski definition) is 1. The lowest BCUT2D eigenvalue weighted by molar-refractivity contribution is 0.102. The molecule has 20 heavy (non-hydrogen) atoms. The summed E-state index contributed by atoms with van der Waals surface area (Å²) in [6, 6.07) is 9.80. The fourth-order valence-electron chi connectivity index (χ4n) is 2.74. The summed E-state index contributed by atoms with van der Waals surface area (Å²) in [7, 11) is 0. The largest absolute Gasteiger partial charge is 0.492 e. The van der Waals surface area contributed by atoms with Gasteiger partial charge in [0.2, 0.25) is 0 Å². The third-order valence-corrected chi connectivity index (χ3v) is 3.84. The van der Waals surface area contributed by atoms with Crippen molar-refractivity contribution in [3.63, 3.8) is 0 Å². The van der Waals surface area contributed by atoms with E-state index in [0.29, 0.717) is 18.2 Å². The lowest BCUT2D eigenvalue weighted by Gasteiger charge is -2.35. The van der Waals surface area contributed by atoms with Crippen LogP contribution in [0.5, 0.6) is 5.75 Å². The third kappa shape index (κ3) is 4.22. The van der Waals surface area contributed by atoms with E-state index in [1.54, 1.807) is 12.1 Å². The van der Waals surface area contributed by atoms with Gasteiger partial charge in [-0.2, -0.15) is 5.26 Å². The van der Waals surface area contributed by atoms with E-state index in [1.165, 1.54) is 19.3 Å². The quantitative estimate of drug-likeness (QED) is 0.864. The molecule has 1 unspecified atom stereocenters. The van der Waals surface area contributed by atoms with E-state index < -0.39 is 0 Å². The minimum atomic E-state index is 0.262. The van der Waals surface area contributed by atoms with Crippen molar-refractivity contribution in [1.29, 1.82) is 5.26 Å². The van der Waals surface area contributed by atoms with Crippen molar-refractivity contribution in [3.05, 3.63) is 29.8 Å². The van der Waals surface area contributed by atoms with Gasteiger partial charge in [-0.05, 0) is 50.1 Å². The fourth-order valence-corrected chi connectivity index (χ4v) is 2.74. The number of nitriles is 1. The average molecular weight is 274 g/mol. The summed E-state index contributed by atoms with van der Waals surface area (Å²) < 4.78 is 5.72. The van der Waals surface area contributed by atoms with Crippen molar-refractivity contribution >= 4 is 0 Å². The Labute approximate surface area is 120 Å². The van der Waals surface area contributed by atoms with Gasteiger partial charge in [-0.25, -0.2) is 0 Å². The Morgan fingerprint density at radius 1 is 1.30 bits per heavy atom. The molecule has 4 heteroatoms. The number of aliphatic hydroxyl groups excluding tert-OH is 1. The lowest BCUT2D eigenvalue weighted by Crippen LogP contribution is -2.42. The van der Waals surface area contributed by atoms with E-state index in [9.17, 15) is 0 Å². The monoisotopic (exact) mass is 274 g/mol. The highest BCUT2D eigenvalue weighted by molar-refractivity contribution is 5.34. The van der Waals surface area contributed by atoms with Crippen LogP contribution in [0.15, 0.2) is 24.3 Å². The normalized spacial score (nSPS) is 19.5. The molecule has 1 saturated heterocycles. The van der Waals surface area contributed by atoms with Crippen molar-refractivity contribution in [2.75, 3.05) is 26.3 Å². The highest BCUT2D eigenvalue weighted by Crippen LogP contribution is 2.19. The van der Waals surface area contributed by atoms with Crippen LogP contribution >= 0.6 is 0 Å².